The number of carbonyl (C=O) groups is 1. The second-order valence-electron chi connectivity index (χ2n) is 5.53. The molecule has 0 spiro atoms. The first kappa shape index (κ1) is 14.1. The number of anilines is 1. The Morgan fingerprint density at radius 1 is 1.26 bits per heavy atom. The summed E-state index contributed by atoms with van der Waals surface area (Å²) in [5.41, 5.74) is 2.15. The first-order valence-corrected chi connectivity index (χ1v) is 8.46. The number of hydrogen-bond donors (Lipinski definition) is 1. The van der Waals surface area contributed by atoms with Crippen LogP contribution in [0.1, 0.15) is 10.4 Å². The molecule has 3 heterocycles. The molecule has 0 radical (unpaired) electrons. The lowest BCUT2D eigenvalue weighted by molar-refractivity contribution is -0.130. The van der Waals surface area contributed by atoms with Gasteiger partial charge in [-0.2, -0.15) is 0 Å². The van der Waals surface area contributed by atoms with Gasteiger partial charge in [0, 0.05) is 23.4 Å². The predicted octanol–water partition coefficient (Wildman–Crippen LogP) is 2.69. The number of thiophene rings is 1. The second kappa shape index (κ2) is 5.96. The lowest BCUT2D eigenvalue weighted by Gasteiger charge is -2.27. The van der Waals surface area contributed by atoms with Crippen LogP contribution < -0.4 is 5.32 Å². The highest BCUT2D eigenvalue weighted by atomic mass is 32.1. The molecule has 116 valence electrons. The van der Waals surface area contributed by atoms with Gasteiger partial charge in [-0.05, 0) is 35.6 Å². The van der Waals surface area contributed by atoms with Crippen molar-refractivity contribution in [1.82, 2.24) is 14.9 Å². The van der Waals surface area contributed by atoms with Crippen LogP contribution >= 0.6 is 11.3 Å². The second-order valence-corrected chi connectivity index (χ2v) is 6.53. The number of aromatic nitrogens is 2. The highest BCUT2D eigenvalue weighted by Crippen LogP contribution is 2.24. The Kier molecular flexibility index (Phi) is 3.67. The number of rotatable bonds is 3. The van der Waals surface area contributed by atoms with Gasteiger partial charge < -0.3 is 10.2 Å². The topological polar surface area (TPSA) is 58.1 Å². The van der Waals surface area contributed by atoms with Crippen LogP contribution in [-0.2, 0) is 17.8 Å². The van der Waals surface area contributed by atoms with Crippen molar-refractivity contribution in [3.8, 4) is 0 Å². The molecule has 23 heavy (non-hydrogen) atoms. The lowest BCUT2D eigenvalue weighted by Crippen LogP contribution is -2.38. The zero-order valence-electron chi connectivity index (χ0n) is 12.5. The molecule has 0 saturated heterocycles. The van der Waals surface area contributed by atoms with Gasteiger partial charge in [-0.1, -0.05) is 12.1 Å². The SMILES string of the molecule is O=C(CNc1ncnc2ccccc12)N1CCc2sccc2C1. The third-order valence-corrected chi connectivity index (χ3v) is 5.13. The maximum atomic E-state index is 12.5. The number of fused-ring (bicyclic) bond motifs is 2. The van der Waals surface area contributed by atoms with Gasteiger partial charge in [0.25, 0.3) is 0 Å². The monoisotopic (exact) mass is 324 g/mol. The first-order chi connectivity index (χ1) is 11.3. The minimum absolute atomic E-state index is 0.101. The largest absolute Gasteiger partial charge is 0.360 e. The molecule has 5 nitrogen and oxygen atoms in total. The molecular formula is C17H16N4OS. The molecule has 3 aromatic rings. The summed E-state index contributed by atoms with van der Waals surface area (Å²) in [6.07, 6.45) is 2.48. The number of hydrogen-bond acceptors (Lipinski definition) is 5. The molecule has 1 aromatic carbocycles. The minimum atomic E-state index is 0.101. The van der Waals surface area contributed by atoms with Crippen LogP contribution in [0, 0.1) is 0 Å². The maximum Gasteiger partial charge on any atom is 0.242 e. The summed E-state index contributed by atoms with van der Waals surface area (Å²) >= 11 is 1.78. The van der Waals surface area contributed by atoms with Crippen molar-refractivity contribution in [3.05, 3.63) is 52.5 Å². The van der Waals surface area contributed by atoms with Gasteiger partial charge in [-0.15, -0.1) is 11.3 Å². The van der Waals surface area contributed by atoms with Crippen LogP contribution in [0.5, 0.6) is 0 Å². The van der Waals surface area contributed by atoms with E-state index in [9.17, 15) is 4.79 Å². The highest BCUT2D eigenvalue weighted by Gasteiger charge is 2.21. The molecule has 4 rings (SSSR count). The van der Waals surface area contributed by atoms with E-state index in [2.05, 4.69) is 26.7 Å². The Hall–Kier alpha value is -2.47. The average molecular weight is 324 g/mol. The summed E-state index contributed by atoms with van der Waals surface area (Å²) in [5.74, 6) is 0.807. The van der Waals surface area contributed by atoms with Crippen molar-refractivity contribution in [2.45, 2.75) is 13.0 Å². The van der Waals surface area contributed by atoms with Crippen LogP contribution in [0.15, 0.2) is 42.0 Å². The molecule has 2 aromatic heterocycles. The summed E-state index contributed by atoms with van der Waals surface area (Å²) in [5, 5.41) is 6.20. The summed E-state index contributed by atoms with van der Waals surface area (Å²) in [6, 6.07) is 9.90. The molecular weight excluding hydrogens is 308 g/mol. The number of benzene rings is 1. The van der Waals surface area contributed by atoms with Gasteiger partial charge in [0.05, 0.1) is 12.1 Å². The van der Waals surface area contributed by atoms with E-state index in [1.54, 1.807) is 11.3 Å². The standard InChI is InChI=1S/C17H16N4OS/c22-16(21-7-5-15-12(10-21)6-8-23-15)9-18-17-13-3-1-2-4-14(13)19-11-20-17/h1-4,6,8,11H,5,7,9-10H2,(H,18,19,20). The number of nitrogens with one attached hydrogen (secondary N) is 1. The van der Waals surface area contributed by atoms with Crippen molar-refractivity contribution in [2.75, 3.05) is 18.4 Å². The molecule has 1 aliphatic heterocycles. The summed E-state index contributed by atoms with van der Waals surface area (Å²) in [6.45, 7) is 1.75. The summed E-state index contributed by atoms with van der Waals surface area (Å²) in [4.78, 5) is 24.3. The molecule has 0 saturated carbocycles. The first-order valence-electron chi connectivity index (χ1n) is 7.58. The van der Waals surface area contributed by atoms with Crippen molar-refractivity contribution in [1.29, 1.82) is 0 Å². The highest BCUT2D eigenvalue weighted by molar-refractivity contribution is 7.10. The normalized spacial score (nSPS) is 13.8. The van der Waals surface area contributed by atoms with Gasteiger partial charge in [0.15, 0.2) is 0 Å². The smallest absolute Gasteiger partial charge is 0.242 e. The Morgan fingerprint density at radius 2 is 2.17 bits per heavy atom. The van der Waals surface area contributed by atoms with E-state index in [0.29, 0.717) is 12.4 Å². The Balaban J connectivity index is 1.45. The van der Waals surface area contributed by atoms with Gasteiger partial charge in [0.2, 0.25) is 5.91 Å². The third-order valence-electron chi connectivity index (χ3n) is 4.11. The fourth-order valence-corrected chi connectivity index (χ4v) is 3.77. The van der Waals surface area contributed by atoms with Crippen molar-refractivity contribution >= 4 is 34.0 Å². The molecule has 0 aliphatic carbocycles. The van der Waals surface area contributed by atoms with Gasteiger partial charge >= 0.3 is 0 Å². The maximum absolute atomic E-state index is 12.5. The van der Waals surface area contributed by atoms with Crippen LogP contribution in [-0.4, -0.2) is 33.9 Å². The molecule has 0 unspecified atom stereocenters. The van der Waals surface area contributed by atoms with E-state index in [4.69, 9.17) is 0 Å². The molecule has 0 bridgehead atoms. The van der Waals surface area contributed by atoms with Crippen LogP contribution in [0.3, 0.4) is 0 Å². The fourth-order valence-electron chi connectivity index (χ4n) is 2.88. The van der Waals surface area contributed by atoms with Crippen LogP contribution in [0.2, 0.25) is 0 Å². The molecule has 0 atom stereocenters. The van der Waals surface area contributed by atoms with Gasteiger partial charge in [0.1, 0.15) is 12.1 Å². The van der Waals surface area contributed by atoms with E-state index >= 15 is 0 Å². The minimum Gasteiger partial charge on any atom is -0.360 e. The van der Waals surface area contributed by atoms with E-state index in [1.165, 1.54) is 16.8 Å². The average Bonchev–Trinajstić information content (AvgIpc) is 3.07. The van der Waals surface area contributed by atoms with E-state index < -0.39 is 0 Å². The molecule has 6 heteroatoms. The third kappa shape index (κ3) is 2.77. The Bertz CT molecular complexity index is 855. The zero-order valence-corrected chi connectivity index (χ0v) is 13.3. The number of para-hydroxylation sites is 1. The Labute approximate surface area is 138 Å². The zero-order chi connectivity index (χ0) is 15.6. The van der Waals surface area contributed by atoms with Crippen molar-refractivity contribution < 1.29 is 4.79 Å². The van der Waals surface area contributed by atoms with Crippen molar-refractivity contribution in [2.24, 2.45) is 0 Å². The van der Waals surface area contributed by atoms with Gasteiger partial charge in [-0.3, -0.25) is 4.79 Å². The number of amides is 1. The summed E-state index contributed by atoms with van der Waals surface area (Å²) in [7, 11) is 0. The molecule has 1 aliphatic rings. The molecule has 1 N–H and O–H groups in total. The molecule has 1 amide bonds. The van der Waals surface area contributed by atoms with Gasteiger partial charge in [-0.25, -0.2) is 9.97 Å². The van der Waals surface area contributed by atoms with E-state index in [0.717, 1.165) is 23.9 Å². The Morgan fingerprint density at radius 3 is 3.13 bits per heavy atom. The van der Waals surface area contributed by atoms with Crippen LogP contribution in [0.25, 0.3) is 10.9 Å². The quantitative estimate of drug-likeness (QED) is 0.805. The fraction of sp³-hybridized carbons (Fsp3) is 0.235. The van der Waals surface area contributed by atoms with E-state index in [1.807, 2.05) is 29.2 Å². The lowest BCUT2D eigenvalue weighted by atomic mass is 10.1. The van der Waals surface area contributed by atoms with E-state index in [-0.39, 0.29) is 12.5 Å². The number of nitrogens with zero attached hydrogens (tertiary/aromatic N) is 3. The van der Waals surface area contributed by atoms with Crippen molar-refractivity contribution in [3.63, 3.8) is 0 Å². The number of carbonyl (C=O) groups excluding carboxylic acids is 1. The summed E-state index contributed by atoms with van der Waals surface area (Å²) < 4.78 is 0. The predicted molar refractivity (Wildman–Crippen MR) is 91.5 cm³/mol. The molecule has 0 fully saturated rings. The van der Waals surface area contributed by atoms with Crippen LogP contribution in [0.4, 0.5) is 5.82 Å².